The van der Waals surface area contributed by atoms with Crippen molar-refractivity contribution < 1.29 is 13.9 Å². The fraction of sp³-hybridized carbons (Fsp3) is 0.0714. The minimum absolute atomic E-state index is 0.227. The molecule has 2 aromatic carbocycles. The van der Waals surface area contributed by atoms with E-state index in [0.717, 1.165) is 3.57 Å². The van der Waals surface area contributed by atoms with Gasteiger partial charge in [-0.15, -0.1) is 0 Å². The number of Topliss-reactive ketones (excluding diaryl/α,β-unsaturated/α-hetero) is 1. The minimum Gasteiger partial charge on any atom is -0.457 e. The molecule has 92 valence electrons. The van der Waals surface area contributed by atoms with Gasteiger partial charge in [0, 0.05) is 3.57 Å². The van der Waals surface area contributed by atoms with Crippen molar-refractivity contribution in [3.63, 3.8) is 0 Å². The summed E-state index contributed by atoms with van der Waals surface area (Å²) in [7, 11) is 0. The highest BCUT2D eigenvalue weighted by molar-refractivity contribution is 14.1. The Morgan fingerprint density at radius 1 is 1.22 bits per heavy atom. The molecule has 2 aromatic rings. The number of carbonyl (C=O) groups excluding carboxylic acids is 1. The average molecular weight is 356 g/mol. The predicted molar refractivity (Wildman–Crippen MR) is 75.6 cm³/mol. The molecule has 0 spiro atoms. The number of hydrogen-bond donors (Lipinski definition) is 0. The second-order valence-electron chi connectivity index (χ2n) is 3.76. The summed E-state index contributed by atoms with van der Waals surface area (Å²) in [5, 5.41) is 0. The smallest absolute Gasteiger partial charge is 0.163 e. The van der Waals surface area contributed by atoms with E-state index in [2.05, 4.69) is 22.6 Å². The molecule has 0 atom stereocenters. The summed E-state index contributed by atoms with van der Waals surface area (Å²) in [6.45, 7) is 1.39. The normalized spacial score (nSPS) is 10.2. The number of benzene rings is 2. The molecule has 0 fully saturated rings. The van der Waals surface area contributed by atoms with Crippen LogP contribution in [0.3, 0.4) is 0 Å². The lowest BCUT2D eigenvalue weighted by atomic mass is 10.1. The second kappa shape index (κ2) is 5.48. The van der Waals surface area contributed by atoms with E-state index in [1.807, 2.05) is 18.2 Å². The maximum Gasteiger partial charge on any atom is 0.163 e. The Bertz CT molecular complexity index is 596. The second-order valence-corrected chi connectivity index (χ2v) is 5.00. The molecular weight excluding hydrogens is 346 g/mol. The minimum atomic E-state index is -0.449. The molecule has 0 aliphatic carbocycles. The number of hydrogen-bond acceptors (Lipinski definition) is 2. The van der Waals surface area contributed by atoms with E-state index in [1.54, 1.807) is 6.07 Å². The summed E-state index contributed by atoms with van der Waals surface area (Å²) in [6, 6.07) is 11.3. The van der Waals surface area contributed by atoms with E-state index >= 15 is 0 Å². The van der Waals surface area contributed by atoms with Crippen molar-refractivity contribution in [1.29, 1.82) is 0 Å². The van der Waals surface area contributed by atoms with Gasteiger partial charge < -0.3 is 4.74 Å². The van der Waals surface area contributed by atoms with E-state index in [9.17, 15) is 9.18 Å². The third kappa shape index (κ3) is 3.07. The molecular formula is C14H10FIO2. The SMILES string of the molecule is CC(=O)c1cc(F)ccc1Oc1cccc(I)c1. The Morgan fingerprint density at radius 3 is 2.67 bits per heavy atom. The number of rotatable bonds is 3. The van der Waals surface area contributed by atoms with E-state index in [-0.39, 0.29) is 11.3 Å². The standard InChI is InChI=1S/C14H10FIO2/c1-9(17)13-7-10(15)5-6-14(13)18-12-4-2-3-11(16)8-12/h2-8H,1H3. The maximum absolute atomic E-state index is 13.1. The molecule has 0 N–H and O–H groups in total. The fourth-order valence-corrected chi connectivity index (χ4v) is 2.04. The van der Waals surface area contributed by atoms with Crippen molar-refractivity contribution in [3.8, 4) is 11.5 Å². The van der Waals surface area contributed by atoms with Crippen LogP contribution >= 0.6 is 22.6 Å². The van der Waals surface area contributed by atoms with Gasteiger partial charge >= 0.3 is 0 Å². The summed E-state index contributed by atoms with van der Waals surface area (Å²) >= 11 is 2.17. The summed E-state index contributed by atoms with van der Waals surface area (Å²) in [5.74, 6) is 0.312. The van der Waals surface area contributed by atoms with Crippen LogP contribution in [-0.4, -0.2) is 5.78 Å². The zero-order valence-electron chi connectivity index (χ0n) is 9.61. The molecule has 0 amide bonds. The van der Waals surface area contributed by atoms with Crippen molar-refractivity contribution in [2.75, 3.05) is 0 Å². The van der Waals surface area contributed by atoms with Crippen molar-refractivity contribution in [3.05, 3.63) is 57.4 Å². The van der Waals surface area contributed by atoms with Gasteiger partial charge in [-0.05, 0) is 65.9 Å². The van der Waals surface area contributed by atoms with E-state index in [4.69, 9.17) is 4.74 Å². The molecule has 0 aliphatic heterocycles. The summed E-state index contributed by atoms with van der Waals surface area (Å²) < 4.78 is 19.7. The van der Waals surface area contributed by atoms with Crippen LogP contribution in [0.2, 0.25) is 0 Å². The van der Waals surface area contributed by atoms with Crippen LogP contribution in [0.15, 0.2) is 42.5 Å². The fourth-order valence-electron chi connectivity index (χ4n) is 1.52. The van der Waals surface area contributed by atoms with E-state index in [1.165, 1.54) is 25.1 Å². The van der Waals surface area contributed by atoms with E-state index in [0.29, 0.717) is 11.5 Å². The third-order valence-electron chi connectivity index (χ3n) is 2.34. The molecule has 4 heteroatoms. The summed E-state index contributed by atoms with van der Waals surface area (Å²) in [4.78, 5) is 11.4. The Hall–Kier alpha value is -1.43. The van der Waals surface area contributed by atoms with Crippen LogP contribution in [0.5, 0.6) is 11.5 Å². The number of halogens is 2. The third-order valence-corrected chi connectivity index (χ3v) is 3.02. The van der Waals surface area contributed by atoms with Gasteiger partial charge in [0.1, 0.15) is 17.3 Å². The summed E-state index contributed by atoms with van der Waals surface area (Å²) in [6.07, 6.45) is 0. The Kier molecular flexibility index (Phi) is 3.96. The molecule has 2 nitrogen and oxygen atoms in total. The van der Waals surface area contributed by atoms with Gasteiger partial charge in [-0.3, -0.25) is 4.79 Å². The molecule has 18 heavy (non-hydrogen) atoms. The van der Waals surface area contributed by atoms with Gasteiger partial charge in [-0.25, -0.2) is 4.39 Å². The van der Waals surface area contributed by atoms with Crippen molar-refractivity contribution in [1.82, 2.24) is 0 Å². The molecule has 0 aromatic heterocycles. The molecule has 2 rings (SSSR count). The topological polar surface area (TPSA) is 26.3 Å². The molecule has 0 radical (unpaired) electrons. The first-order valence-electron chi connectivity index (χ1n) is 5.30. The maximum atomic E-state index is 13.1. The molecule has 0 unspecified atom stereocenters. The van der Waals surface area contributed by atoms with Gasteiger partial charge in [0.15, 0.2) is 5.78 Å². The molecule has 0 aliphatic rings. The van der Waals surface area contributed by atoms with Crippen molar-refractivity contribution in [2.24, 2.45) is 0 Å². The highest BCUT2D eigenvalue weighted by Gasteiger charge is 2.10. The number of ether oxygens (including phenoxy) is 1. The molecule has 0 saturated heterocycles. The van der Waals surface area contributed by atoms with Gasteiger partial charge in [0.05, 0.1) is 5.56 Å². The summed E-state index contributed by atoms with van der Waals surface area (Å²) in [5.41, 5.74) is 0.244. The van der Waals surface area contributed by atoms with Crippen LogP contribution in [0.4, 0.5) is 4.39 Å². The van der Waals surface area contributed by atoms with E-state index < -0.39 is 5.82 Å². The first kappa shape index (κ1) is 13.0. The van der Waals surface area contributed by atoms with Crippen LogP contribution < -0.4 is 4.74 Å². The highest BCUT2D eigenvalue weighted by atomic mass is 127. The molecule has 0 saturated carbocycles. The molecule has 0 bridgehead atoms. The molecule has 0 heterocycles. The van der Waals surface area contributed by atoms with Crippen molar-refractivity contribution in [2.45, 2.75) is 6.92 Å². The van der Waals surface area contributed by atoms with Gasteiger partial charge in [-0.2, -0.15) is 0 Å². The van der Waals surface area contributed by atoms with Crippen LogP contribution in [0, 0.1) is 9.39 Å². The van der Waals surface area contributed by atoms with Crippen molar-refractivity contribution >= 4 is 28.4 Å². The monoisotopic (exact) mass is 356 g/mol. The number of ketones is 1. The van der Waals surface area contributed by atoms with Gasteiger partial charge in [0.2, 0.25) is 0 Å². The van der Waals surface area contributed by atoms with Crippen LogP contribution in [-0.2, 0) is 0 Å². The van der Waals surface area contributed by atoms with Crippen LogP contribution in [0.25, 0.3) is 0 Å². The zero-order valence-corrected chi connectivity index (χ0v) is 11.8. The Morgan fingerprint density at radius 2 is 2.00 bits per heavy atom. The number of carbonyl (C=O) groups is 1. The lowest BCUT2D eigenvalue weighted by Crippen LogP contribution is -1.98. The average Bonchev–Trinajstić information content (AvgIpc) is 2.31. The quantitative estimate of drug-likeness (QED) is 0.601. The lowest BCUT2D eigenvalue weighted by Gasteiger charge is -2.09. The van der Waals surface area contributed by atoms with Crippen LogP contribution in [0.1, 0.15) is 17.3 Å². The first-order valence-corrected chi connectivity index (χ1v) is 6.38. The zero-order chi connectivity index (χ0) is 13.1. The lowest BCUT2D eigenvalue weighted by molar-refractivity contribution is 0.101. The first-order chi connectivity index (χ1) is 8.56. The van der Waals surface area contributed by atoms with Gasteiger partial charge in [-0.1, -0.05) is 6.07 Å². The van der Waals surface area contributed by atoms with Gasteiger partial charge in [0.25, 0.3) is 0 Å². The predicted octanol–water partition coefficient (Wildman–Crippen LogP) is 4.43. The largest absolute Gasteiger partial charge is 0.457 e. The highest BCUT2D eigenvalue weighted by Crippen LogP contribution is 2.27. The Balaban J connectivity index is 2.37. The Labute approximate surface area is 118 Å².